The summed E-state index contributed by atoms with van der Waals surface area (Å²) in [5.74, 6) is -0.485. The Kier molecular flexibility index (Phi) is 5.25. The molecule has 2 aliphatic heterocycles. The predicted molar refractivity (Wildman–Crippen MR) is 96.9 cm³/mol. The Labute approximate surface area is 157 Å². The smallest absolute Gasteiger partial charge is 0.309 e. The van der Waals surface area contributed by atoms with Gasteiger partial charge in [-0.1, -0.05) is 0 Å². The van der Waals surface area contributed by atoms with Crippen molar-refractivity contribution >= 4 is 23.5 Å². The van der Waals surface area contributed by atoms with Crippen LogP contribution in [0.25, 0.3) is 0 Å². The van der Waals surface area contributed by atoms with Gasteiger partial charge in [-0.15, -0.1) is 0 Å². The van der Waals surface area contributed by atoms with Crippen molar-refractivity contribution in [2.24, 2.45) is 11.3 Å². The molecule has 1 fully saturated rings. The van der Waals surface area contributed by atoms with Crippen LogP contribution in [0.4, 0.5) is 5.69 Å². The molecule has 0 saturated carbocycles. The Morgan fingerprint density at radius 3 is 2.67 bits per heavy atom. The van der Waals surface area contributed by atoms with E-state index >= 15 is 0 Å². The van der Waals surface area contributed by atoms with Gasteiger partial charge in [-0.05, 0) is 32.4 Å². The molecule has 0 aliphatic carbocycles. The number of ether oxygens (including phenoxy) is 2. The van der Waals surface area contributed by atoms with Gasteiger partial charge in [0.2, 0.25) is 11.8 Å². The minimum atomic E-state index is -0.907. The maximum atomic E-state index is 12.4. The third-order valence-electron chi connectivity index (χ3n) is 4.96. The molecule has 1 atom stereocenters. The average Bonchev–Trinajstić information content (AvgIpc) is 3.03. The number of carboxylic acid groups (broad SMARTS) is 1. The molecule has 2 amide bonds. The molecule has 27 heavy (non-hydrogen) atoms. The van der Waals surface area contributed by atoms with Crippen molar-refractivity contribution in [3.63, 3.8) is 0 Å². The molecular formula is C19H24N2O6. The van der Waals surface area contributed by atoms with E-state index in [0.29, 0.717) is 36.8 Å². The fraction of sp³-hybridized carbons (Fsp3) is 0.526. The van der Waals surface area contributed by atoms with Crippen molar-refractivity contribution in [2.75, 3.05) is 31.2 Å². The van der Waals surface area contributed by atoms with Crippen molar-refractivity contribution in [3.8, 4) is 11.5 Å². The zero-order valence-electron chi connectivity index (χ0n) is 15.5. The van der Waals surface area contributed by atoms with Gasteiger partial charge in [0.05, 0.1) is 11.3 Å². The first-order valence-electron chi connectivity index (χ1n) is 8.99. The summed E-state index contributed by atoms with van der Waals surface area (Å²) in [6.45, 7) is 4.73. The Morgan fingerprint density at radius 2 is 1.96 bits per heavy atom. The molecule has 0 radical (unpaired) electrons. The highest BCUT2D eigenvalue weighted by Gasteiger charge is 2.36. The van der Waals surface area contributed by atoms with Crippen LogP contribution in [-0.4, -0.2) is 49.2 Å². The van der Waals surface area contributed by atoms with Gasteiger partial charge in [0, 0.05) is 31.3 Å². The molecule has 3 rings (SSSR count). The molecule has 1 aromatic carbocycles. The standard InChI is InChI=1S/C19H24N2O6/c1-19(2,18(24)25)5-6-20-17(23)12-9-16(22)21(11-12)13-3-4-14-15(10-13)27-8-7-26-14/h3-4,10,12H,5-9,11H2,1-2H3,(H,20,23)(H,24,25). The zero-order valence-corrected chi connectivity index (χ0v) is 15.5. The number of hydrogen-bond acceptors (Lipinski definition) is 5. The van der Waals surface area contributed by atoms with E-state index in [1.807, 2.05) is 0 Å². The van der Waals surface area contributed by atoms with E-state index in [1.54, 1.807) is 36.9 Å². The highest BCUT2D eigenvalue weighted by Crippen LogP contribution is 2.36. The van der Waals surface area contributed by atoms with Crippen molar-refractivity contribution in [1.29, 1.82) is 0 Å². The quantitative estimate of drug-likeness (QED) is 0.778. The molecule has 1 unspecified atom stereocenters. The fourth-order valence-electron chi connectivity index (χ4n) is 3.08. The number of benzene rings is 1. The molecule has 2 heterocycles. The van der Waals surface area contributed by atoms with Gasteiger partial charge < -0.3 is 24.8 Å². The second kappa shape index (κ2) is 7.46. The van der Waals surface area contributed by atoms with Gasteiger partial charge in [0.1, 0.15) is 13.2 Å². The summed E-state index contributed by atoms with van der Waals surface area (Å²) in [6, 6.07) is 5.29. The summed E-state index contributed by atoms with van der Waals surface area (Å²) >= 11 is 0. The number of carbonyl (C=O) groups is 3. The van der Waals surface area contributed by atoms with Crippen LogP contribution in [0.15, 0.2) is 18.2 Å². The van der Waals surface area contributed by atoms with Crippen molar-refractivity contribution < 1.29 is 29.0 Å². The van der Waals surface area contributed by atoms with Crippen molar-refractivity contribution in [3.05, 3.63) is 18.2 Å². The molecule has 8 nitrogen and oxygen atoms in total. The van der Waals surface area contributed by atoms with Gasteiger partial charge in [0.15, 0.2) is 11.5 Å². The lowest BCUT2D eigenvalue weighted by Crippen LogP contribution is -2.36. The number of nitrogens with zero attached hydrogens (tertiary/aromatic N) is 1. The number of aliphatic carboxylic acids is 1. The molecule has 0 spiro atoms. The summed E-state index contributed by atoms with van der Waals surface area (Å²) in [6.07, 6.45) is 0.448. The zero-order chi connectivity index (χ0) is 19.6. The first kappa shape index (κ1) is 19.0. The van der Waals surface area contributed by atoms with E-state index in [-0.39, 0.29) is 31.3 Å². The van der Waals surface area contributed by atoms with E-state index in [4.69, 9.17) is 14.6 Å². The number of carboxylic acids is 1. The predicted octanol–water partition coefficient (Wildman–Crippen LogP) is 1.43. The SMILES string of the molecule is CC(C)(CCNC(=O)C1CC(=O)N(c2ccc3c(c2)OCCO3)C1)C(=O)O. The van der Waals surface area contributed by atoms with Crippen LogP contribution >= 0.6 is 0 Å². The molecule has 2 N–H and O–H groups in total. The van der Waals surface area contributed by atoms with Crippen LogP contribution in [0.3, 0.4) is 0 Å². The molecule has 146 valence electrons. The number of hydrogen-bond donors (Lipinski definition) is 2. The monoisotopic (exact) mass is 376 g/mol. The summed E-state index contributed by atoms with van der Waals surface area (Å²) in [5.41, 5.74) is -0.234. The maximum Gasteiger partial charge on any atom is 0.309 e. The number of rotatable bonds is 6. The molecule has 8 heteroatoms. The summed E-state index contributed by atoms with van der Waals surface area (Å²) < 4.78 is 11.0. The van der Waals surface area contributed by atoms with E-state index in [2.05, 4.69) is 5.32 Å². The highest BCUT2D eigenvalue weighted by molar-refractivity contribution is 6.00. The summed E-state index contributed by atoms with van der Waals surface area (Å²) in [7, 11) is 0. The number of fused-ring (bicyclic) bond motifs is 1. The van der Waals surface area contributed by atoms with Crippen LogP contribution < -0.4 is 19.7 Å². The lowest BCUT2D eigenvalue weighted by molar-refractivity contribution is -0.147. The van der Waals surface area contributed by atoms with E-state index < -0.39 is 17.3 Å². The van der Waals surface area contributed by atoms with E-state index in [1.165, 1.54) is 0 Å². The van der Waals surface area contributed by atoms with Gasteiger partial charge in [-0.2, -0.15) is 0 Å². The largest absolute Gasteiger partial charge is 0.486 e. The fourth-order valence-corrected chi connectivity index (χ4v) is 3.08. The van der Waals surface area contributed by atoms with E-state index in [9.17, 15) is 14.4 Å². The molecule has 1 saturated heterocycles. The number of amides is 2. The average molecular weight is 376 g/mol. The molecular weight excluding hydrogens is 352 g/mol. The van der Waals surface area contributed by atoms with Gasteiger partial charge in [-0.3, -0.25) is 14.4 Å². The Hall–Kier alpha value is -2.77. The summed E-state index contributed by atoms with van der Waals surface area (Å²) in [4.78, 5) is 37.4. The van der Waals surface area contributed by atoms with Crippen LogP contribution in [-0.2, 0) is 14.4 Å². The Morgan fingerprint density at radius 1 is 1.26 bits per heavy atom. The Bertz CT molecular complexity index is 761. The molecule has 2 aliphatic rings. The van der Waals surface area contributed by atoms with Crippen molar-refractivity contribution in [2.45, 2.75) is 26.7 Å². The second-order valence-electron chi connectivity index (χ2n) is 7.46. The lowest BCUT2D eigenvalue weighted by atomic mass is 9.89. The highest BCUT2D eigenvalue weighted by atomic mass is 16.6. The van der Waals surface area contributed by atoms with Crippen LogP contribution in [0, 0.1) is 11.3 Å². The van der Waals surface area contributed by atoms with E-state index in [0.717, 1.165) is 0 Å². The maximum absolute atomic E-state index is 12.4. The molecule has 0 aromatic heterocycles. The topological polar surface area (TPSA) is 105 Å². The lowest BCUT2D eigenvalue weighted by Gasteiger charge is -2.22. The van der Waals surface area contributed by atoms with Crippen LogP contribution in [0.1, 0.15) is 26.7 Å². The number of carbonyl (C=O) groups excluding carboxylic acids is 2. The van der Waals surface area contributed by atoms with Gasteiger partial charge >= 0.3 is 5.97 Å². The van der Waals surface area contributed by atoms with Crippen molar-refractivity contribution in [1.82, 2.24) is 5.32 Å². The van der Waals surface area contributed by atoms with Crippen LogP contribution in [0.5, 0.6) is 11.5 Å². The molecule has 0 bridgehead atoms. The normalized spacial score (nSPS) is 19.1. The number of anilines is 1. The minimum Gasteiger partial charge on any atom is -0.486 e. The van der Waals surface area contributed by atoms with Crippen LogP contribution in [0.2, 0.25) is 0 Å². The third-order valence-corrected chi connectivity index (χ3v) is 4.96. The first-order chi connectivity index (χ1) is 12.8. The number of nitrogens with one attached hydrogen (secondary N) is 1. The first-order valence-corrected chi connectivity index (χ1v) is 8.99. The second-order valence-corrected chi connectivity index (χ2v) is 7.46. The third kappa shape index (κ3) is 4.15. The summed E-state index contributed by atoms with van der Waals surface area (Å²) in [5, 5.41) is 11.9. The molecule has 1 aromatic rings. The Balaban J connectivity index is 1.58. The van der Waals surface area contributed by atoms with Gasteiger partial charge in [0.25, 0.3) is 0 Å². The van der Waals surface area contributed by atoms with Gasteiger partial charge in [-0.25, -0.2) is 0 Å². The minimum absolute atomic E-state index is 0.127.